The maximum absolute atomic E-state index is 13.2. The largest absolute Gasteiger partial charge is 0.321 e. The van der Waals surface area contributed by atoms with Gasteiger partial charge in [-0.2, -0.15) is 4.31 Å². The number of anilines is 1. The van der Waals surface area contributed by atoms with E-state index in [0.29, 0.717) is 31.8 Å². The first-order valence-electron chi connectivity index (χ1n) is 9.21. The van der Waals surface area contributed by atoms with Crippen molar-refractivity contribution in [1.29, 1.82) is 0 Å². The number of amides is 1. The number of benzene rings is 1. The van der Waals surface area contributed by atoms with E-state index in [1.54, 1.807) is 23.4 Å². The van der Waals surface area contributed by atoms with Gasteiger partial charge in [0.2, 0.25) is 5.91 Å². The summed E-state index contributed by atoms with van der Waals surface area (Å²) in [6.45, 7) is 3.07. The van der Waals surface area contributed by atoms with Crippen molar-refractivity contribution in [3.05, 3.63) is 42.4 Å². The Hall–Kier alpha value is -2.19. The lowest BCUT2D eigenvalue weighted by atomic mass is 9.79. The number of aromatic nitrogens is 2. The number of carbonyl (C=O) groups is 1. The van der Waals surface area contributed by atoms with Crippen molar-refractivity contribution >= 4 is 21.6 Å². The normalized spacial score (nSPS) is 24.1. The van der Waals surface area contributed by atoms with E-state index in [2.05, 4.69) is 4.98 Å². The molecule has 0 saturated carbocycles. The molecule has 144 valence electrons. The molecule has 4 rings (SSSR count). The van der Waals surface area contributed by atoms with Gasteiger partial charge in [0.05, 0.1) is 11.6 Å². The average Bonchev–Trinajstić information content (AvgIpc) is 3.17. The SMILES string of the molecule is Cc1ncc(S(=O)(=O)N2CCCC3(CCN(c4ccccc4)C3=O)C2)n1C. The van der Waals surface area contributed by atoms with Gasteiger partial charge >= 0.3 is 0 Å². The van der Waals surface area contributed by atoms with E-state index in [1.165, 1.54) is 10.5 Å². The lowest BCUT2D eigenvalue weighted by Crippen LogP contribution is -2.50. The van der Waals surface area contributed by atoms with Gasteiger partial charge in [-0.15, -0.1) is 0 Å². The Morgan fingerprint density at radius 2 is 1.85 bits per heavy atom. The summed E-state index contributed by atoms with van der Waals surface area (Å²) in [5.74, 6) is 0.683. The highest BCUT2D eigenvalue weighted by molar-refractivity contribution is 7.89. The molecule has 2 aliphatic rings. The van der Waals surface area contributed by atoms with E-state index in [0.717, 1.165) is 12.1 Å². The van der Waals surface area contributed by atoms with E-state index in [4.69, 9.17) is 0 Å². The highest BCUT2D eigenvalue weighted by Gasteiger charge is 2.51. The smallest absolute Gasteiger partial charge is 0.260 e. The van der Waals surface area contributed by atoms with Gasteiger partial charge in [-0.1, -0.05) is 18.2 Å². The molecule has 2 fully saturated rings. The lowest BCUT2D eigenvalue weighted by molar-refractivity contribution is -0.127. The first-order chi connectivity index (χ1) is 12.8. The Morgan fingerprint density at radius 3 is 2.52 bits per heavy atom. The number of piperidine rings is 1. The van der Waals surface area contributed by atoms with E-state index in [1.807, 2.05) is 30.3 Å². The van der Waals surface area contributed by atoms with Gasteiger partial charge in [0.15, 0.2) is 5.03 Å². The van der Waals surface area contributed by atoms with Crippen LogP contribution in [-0.4, -0.2) is 47.8 Å². The van der Waals surface area contributed by atoms with Gasteiger partial charge in [-0.05, 0) is 38.3 Å². The van der Waals surface area contributed by atoms with Crippen LogP contribution >= 0.6 is 0 Å². The van der Waals surface area contributed by atoms with Crippen molar-refractivity contribution in [1.82, 2.24) is 13.9 Å². The zero-order valence-corrected chi connectivity index (χ0v) is 16.4. The summed E-state index contributed by atoms with van der Waals surface area (Å²) in [6.07, 6.45) is 3.49. The van der Waals surface area contributed by atoms with Crippen LogP contribution in [0.2, 0.25) is 0 Å². The standard InChI is InChI=1S/C19H24N4O3S/c1-15-20-13-17(21(15)2)27(25,26)22-11-6-9-19(14-22)10-12-23(18(19)24)16-7-4-3-5-8-16/h3-5,7-8,13H,6,9-12,14H2,1-2H3. The summed E-state index contributed by atoms with van der Waals surface area (Å²) in [5, 5.41) is 0.183. The van der Waals surface area contributed by atoms with Crippen LogP contribution in [-0.2, 0) is 21.9 Å². The first-order valence-corrected chi connectivity index (χ1v) is 10.6. The second kappa shape index (κ2) is 6.45. The molecular weight excluding hydrogens is 364 g/mol. The minimum absolute atomic E-state index is 0.0368. The molecule has 2 aliphatic heterocycles. The number of imidazole rings is 1. The zero-order chi connectivity index (χ0) is 19.2. The number of aryl methyl sites for hydroxylation is 1. The molecular formula is C19H24N4O3S. The molecule has 0 radical (unpaired) electrons. The molecule has 1 atom stereocenters. The van der Waals surface area contributed by atoms with Gasteiger partial charge in [0.25, 0.3) is 10.0 Å². The van der Waals surface area contributed by atoms with Gasteiger partial charge < -0.3 is 9.47 Å². The summed E-state index contributed by atoms with van der Waals surface area (Å²) < 4.78 is 29.4. The summed E-state index contributed by atoms with van der Waals surface area (Å²) in [7, 11) is -1.98. The molecule has 0 N–H and O–H groups in total. The summed E-state index contributed by atoms with van der Waals surface area (Å²) in [5.41, 5.74) is 0.246. The van der Waals surface area contributed by atoms with Crippen LogP contribution < -0.4 is 4.90 Å². The van der Waals surface area contributed by atoms with Crippen LogP contribution in [0.15, 0.2) is 41.6 Å². The second-order valence-electron chi connectivity index (χ2n) is 7.47. The van der Waals surface area contributed by atoms with Gasteiger partial charge in [-0.3, -0.25) is 4.79 Å². The van der Waals surface area contributed by atoms with Crippen molar-refractivity contribution in [3.63, 3.8) is 0 Å². The molecule has 1 aromatic heterocycles. The van der Waals surface area contributed by atoms with Gasteiger partial charge in [-0.25, -0.2) is 13.4 Å². The van der Waals surface area contributed by atoms with Crippen LogP contribution in [0, 0.1) is 12.3 Å². The molecule has 1 spiro atoms. The van der Waals surface area contributed by atoms with E-state index in [9.17, 15) is 13.2 Å². The van der Waals surface area contributed by atoms with Crippen LogP contribution in [0.4, 0.5) is 5.69 Å². The monoisotopic (exact) mass is 388 g/mol. The molecule has 1 unspecified atom stereocenters. The van der Waals surface area contributed by atoms with Crippen LogP contribution in [0.1, 0.15) is 25.1 Å². The van der Waals surface area contributed by atoms with Crippen molar-refractivity contribution in [3.8, 4) is 0 Å². The van der Waals surface area contributed by atoms with Crippen molar-refractivity contribution in [2.75, 3.05) is 24.5 Å². The Morgan fingerprint density at radius 1 is 1.11 bits per heavy atom. The molecule has 3 heterocycles. The maximum atomic E-state index is 13.2. The fourth-order valence-corrected chi connectivity index (χ4v) is 5.92. The molecule has 2 aromatic rings. The number of para-hydroxylation sites is 1. The number of sulfonamides is 1. The molecule has 2 saturated heterocycles. The van der Waals surface area contributed by atoms with E-state index < -0.39 is 15.4 Å². The fourth-order valence-electron chi connectivity index (χ4n) is 4.20. The van der Waals surface area contributed by atoms with Crippen molar-refractivity contribution in [2.24, 2.45) is 12.5 Å². The highest BCUT2D eigenvalue weighted by Crippen LogP contribution is 2.43. The predicted molar refractivity (Wildman–Crippen MR) is 102 cm³/mol. The molecule has 27 heavy (non-hydrogen) atoms. The Kier molecular flexibility index (Phi) is 4.35. The zero-order valence-electron chi connectivity index (χ0n) is 15.6. The van der Waals surface area contributed by atoms with Gasteiger partial charge in [0, 0.05) is 32.4 Å². The molecule has 1 aromatic carbocycles. The molecule has 0 bridgehead atoms. The predicted octanol–water partition coefficient (Wildman–Crippen LogP) is 1.94. The molecule has 0 aliphatic carbocycles. The third kappa shape index (κ3) is 2.87. The average molecular weight is 388 g/mol. The number of carbonyl (C=O) groups excluding carboxylic acids is 1. The number of hydrogen-bond donors (Lipinski definition) is 0. The lowest BCUT2D eigenvalue weighted by Gasteiger charge is -2.38. The Labute approximate surface area is 159 Å². The quantitative estimate of drug-likeness (QED) is 0.805. The molecule has 1 amide bonds. The summed E-state index contributed by atoms with van der Waals surface area (Å²) in [6, 6.07) is 9.59. The molecule has 7 nitrogen and oxygen atoms in total. The topological polar surface area (TPSA) is 75.5 Å². The maximum Gasteiger partial charge on any atom is 0.260 e. The van der Waals surface area contributed by atoms with Crippen molar-refractivity contribution < 1.29 is 13.2 Å². The fraction of sp³-hybridized carbons (Fsp3) is 0.474. The minimum atomic E-state index is -3.68. The molecule has 8 heteroatoms. The van der Waals surface area contributed by atoms with Crippen LogP contribution in [0.25, 0.3) is 0 Å². The van der Waals surface area contributed by atoms with E-state index in [-0.39, 0.29) is 17.5 Å². The van der Waals surface area contributed by atoms with E-state index >= 15 is 0 Å². The summed E-state index contributed by atoms with van der Waals surface area (Å²) in [4.78, 5) is 19.2. The van der Waals surface area contributed by atoms with Crippen molar-refractivity contribution in [2.45, 2.75) is 31.2 Å². The minimum Gasteiger partial charge on any atom is -0.321 e. The second-order valence-corrected chi connectivity index (χ2v) is 9.35. The first kappa shape index (κ1) is 18.2. The van der Waals surface area contributed by atoms with Gasteiger partial charge in [0.1, 0.15) is 5.82 Å². The number of hydrogen-bond acceptors (Lipinski definition) is 4. The summed E-state index contributed by atoms with van der Waals surface area (Å²) >= 11 is 0. The number of nitrogens with zero attached hydrogens (tertiary/aromatic N) is 4. The Balaban J connectivity index is 1.62. The van der Waals surface area contributed by atoms with Crippen LogP contribution in [0.3, 0.4) is 0 Å². The number of rotatable bonds is 3. The highest BCUT2D eigenvalue weighted by atomic mass is 32.2. The third-order valence-corrected chi connectivity index (χ3v) is 7.80. The van der Waals surface area contributed by atoms with Crippen LogP contribution in [0.5, 0.6) is 0 Å². The third-order valence-electron chi connectivity index (χ3n) is 5.90. The Bertz CT molecular complexity index is 970.